The van der Waals surface area contributed by atoms with Crippen LogP contribution in [0.2, 0.25) is 0 Å². The van der Waals surface area contributed by atoms with Gasteiger partial charge in [0.2, 0.25) is 17.8 Å². The van der Waals surface area contributed by atoms with E-state index in [1.165, 1.54) is 56.1 Å². The first-order valence-corrected chi connectivity index (χ1v) is 32.7. The fraction of sp³-hybridized carbons (Fsp3) is 0.691. The molecule has 0 aliphatic carbocycles. The number of fused-ring (bicyclic) bond motifs is 1. The average molecular weight is 1420 g/mol. The van der Waals surface area contributed by atoms with Gasteiger partial charge < -0.3 is 115 Å². The Bertz CT molecular complexity index is 2500. The second-order valence-corrected chi connectivity index (χ2v) is 24.6. The lowest BCUT2D eigenvalue weighted by Crippen LogP contribution is -2.47. The molecule has 0 radical (unpaired) electrons. The Balaban J connectivity index is 0.000000340. The minimum atomic E-state index is -0.375. The van der Waals surface area contributed by atoms with Crippen molar-refractivity contribution in [1.82, 2.24) is 34.6 Å². The zero-order chi connectivity index (χ0) is 74.1. The fourth-order valence-corrected chi connectivity index (χ4v) is 10.4. The van der Waals surface area contributed by atoms with E-state index >= 15 is 0 Å². The molecule has 32 nitrogen and oxygen atoms in total. The molecule has 0 N–H and O–H groups in total. The Morgan fingerprint density at radius 1 is 0.490 bits per heavy atom. The predicted octanol–water partition coefficient (Wildman–Crippen LogP) is 4.68. The number of urea groups is 2. The molecule has 3 atom stereocenters. The maximum Gasteiger partial charge on any atom is 0.325 e. The number of anilines is 3. The standard InChI is InChI=1S/C26H34O4.C15H26O6.C13H26N6O4.C10H18N4O4.4CH2O/c1-3-25(17-29-18-25)15-27-13-21-5-9-23(10-6-21)24-11-7-22(8-12-24)14-28-16-26(4-2)19-30-20-26;1-2-15(9-16-3-12-6-19-12,10-17-4-13-7-20-13)11-18-5-14-8-21-14;1-17(7-20-3)11-14-12(18(2)8-21-4)16-13(15-11)19(9-22-5)10-23-6;1-11-7-8(13(5-17-3)9(11)15)14(6-18-4)10(16)12(7)2;4*1-2/h5-12H,3-4,13-20H2,1-2H3;12-14H,2-11H2,1H3;7-10H2,1-6H3;7-8H,5-6H2,1-4H3;4*1H2. The highest BCUT2D eigenvalue weighted by Crippen LogP contribution is 2.35. The maximum absolute atomic E-state index is 12.1. The lowest BCUT2D eigenvalue weighted by Gasteiger charge is -2.40. The van der Waals surface area contributed by atoms with Crippen molar-refractivity contribution >= 4 is 57.1 Å². The molecule has 10 rings (SSSR count). The number of ether oxygens (including phenoxy) is 16. The van der Waals surface area contributed by atoms with E-state index in [1.54, 1.807) is 57.2 Å². The summed E-state index contributed by atoms with van der Waals surface area (Å²) in [7, 11) is 16.5. The van der Waals surface area contributed by atoms with Crippen molar-refractivity contribution in [2.24, 2.45) is 16.2 Å². The number of carbonyl (C=O) groups excluding carboxylic acids is 6. The molecule has 7 fully saturated rings. The normalized spacial score (nSPS) is 20.2. The molecule has 1 aromatic heterocycles. The molecule has 100 heavy (non-hydrogen) atoms. The van der Waals surface area contributed by atoms with Gasteiger partial charge in [0.05, 0.1) is 112 Å². The van der Waals surface area contributed by atoms with Crippen molar-refractivity contribution in [2.45, 2.75) is 83.9 Å². The molecule has 7 aliphatic rings. The van der Waals surface area contributed by atoms with E-state index in [2.05, 4.69) is 84.3 Å². The van der Waals surface area contributed by atoms with Gasteiger partial charge in [-0.1, -0.05) is 69.3 Å². The van der Waals surface area contributed by atoms with Gasteiger partial charge in [-0.25, -0.2) is 9.59 Å². The zero-order valence-corrected chi connectivity index (χ0v) is 61.2. The largest absolute Gasteiger partial charge is 0.380 e. The van der Waals surface area contributed by atoms with Gasteiger partial charge in [-0.15, -0.1) is 0 Å². The van der Waals surface area contributed by atoms with Crippen molar-refractivity contribution in [1.29, 1.82) is 0 Å². The average Bonchev–Trinajstić information content (AvgIpc) is 1.58. The van der Waals surface area contributed by atoms with Crippen LogP contribution in [0, 0.1) is 16.2 Å². The van der Waals surface area contributed by atoms with Crippen LogP contribution < -0.4 is 14.7 Å². The Kier molecular flexibility index (Phi) is 41.7. The highest BCUT2D eigenvalue weighted by molar-refractivity contribution is 5.84. The molecule has 2 aromatic carbocycles. The number of carbonyl (C=O) groups is 6. The minimum absolute atomic E-state index is 0.0985. The number of hydrogen-bond acceptors (Lipinski definition) is 28. The van der Waals surface area contributed by atoms with E-state index < -0.39 is 0 Å². The first-order valence-electron chi connectivity index (χ1n) is 32.7. The van der Waals surface area contributed by atoms with Crippen LogP contribution in [0.5, 0.6) is 0 Å². The van der Waals surface area contributed by atoms with E-state index in [0.717, 1.165) is 78.7 Å². The van der Waals surface area contributed by atoms with Crippen molar-refractivity contribution in [3.05, 3.63) is 59.7 Å². The van der Waals surface area contributed by atoms with Crippen LogP contribution in [0.25, 0.3) is 11.1 Å². The zero-order valence-electron chi connectivity index (χ0n) is 61.2. The third-order valence-corrected chi connectivity index (χ3v) is 16.9. The maximum atomic E-state index is 12.1. The summed E-state index contributed by atoms with van der Waals surface area (Å²) in [6.45, 7) is 28.7. The highest BCUT2D eigenvalue weighted by atomic mass is 16.6. The van der Waals surface area contributed by atoms with Crippen LogP contribution in [0.15, 0.2) is 48.5 Å². The molecule has 0 saturated carbocycles. The third-order valence-electron chi connectivity index (χ3n) is 16.9. The quantitative estimate of drug-likeness (QED) is 0.0553. The van der Waals surface area contributed by atoms with Crippen LogP contribution in [-0.2, 0) is 108 Å². The van der Waals surface area contributed by atoms with Crippen LogP contribution in [-0.4, -0.2) is 315 Å². The van der Waals surface area contributed by atoms with Gasteiger partial charge in [0, 0.05) is 87.1 Å². The van der Waals surface area contributed by atoms with Gasteiger partial charge in [-0.3, -0.25) is 14.7 Å². The lowest BCUT2D eigenvalue weighted by atomic mass is 9.84. The number of aromatic nitrogens is 3. The summed E-state index contributed by atoms with van der Waals surface area (Å²) in [5.41, 5.74) is 5.25. The number of nitrogens with zero attached hydrogens (tertiary/aromatic N) is 10. The molecule has 0 spiro atoms. The van der Waals surface area contributed by atoms with Crippen LogP contribution in [0.3, 0.4) is 0 Å². The number of amides is 4. The molecule has 7 aliphatic heterocycles. The summed E-state index contributed by atoms with van der Waals surface area (Å²) in [4.78, 5) is 80.9. The number of likely N-dealkylation sites (N-methyl/N-ethyl adjacent to an activating group) is 2. The highest BCUT2D eigenvalue weighted by Gasteiger charge is 2.57. The van der Waals surface area contributed by atoms with Crippen molar-refractivity contribution in [3.63, 3.8) is 0 Å². The Labute approximate surface area is 590 Å². The molecule has 0 bridgehead atoms. The molecule has 3 aromatic rings. The molecule has 566 valence electrons. The summed E-state index contributed by atoms with van der Waals surface area (Å²) in [5.74, 6) is 1.40. The Morgan fingerprint density at radius 3 is 1.09 bits per heavy atom. The van der Waals surface area contributed by atoms with Gasteiger partial charge >= 0.3 is 12.1 Å². The minimum Gasteiger partial charge on any atom is -0.380 e. The van der Waals surface area contributed by atoms with Crippen molar-refractivity contribution in [2.75, 3.05) is 225 Å². The molecule has 3 unspecified atom stereocenters. The summed E-state index contributed by atoms with van der Waals surface area (Å²) in [5, 5.41) is 0. The van der Waals surface area contributed by atoms with E-state index in [1.807, 2.05) is 41.3 Å². The predicted molar refractivity (Wildman–Crippen MR) is 369 cm³/mol. The number of methoxy groups -OCH3 is 6. The fourth-order valence-electron chi connectivity index (χ4n) is 10.4. The smallest absolute Gasteiger partial charge is 0.325 e. The molecule has 4 amide bonds. The summed E-state index contributed by atoms with van der Waals surface area (Å²) in [6.07, 6.45) is 3.37. The molecule has 32 heteroatoms. The SMILES string of the molecule is C=O.C=O.C=O.C=O.CCC(COCC1CO1)(COCC1CO1)COCC1CO1.CCC1(COCc2ccc(-c3ccc(COCC4(CC)COC4)cc3)cc2)COC1.COCN(C)c1nc(N(C)COC)nc(N(COC)COC)n1.COCN1C(=O)N(C)C2C1N(COC)C(=O)N2C. The first kappa shape index (κ1) is 87.6. The summed E-state index contributed by atoms with van der Waals surface area (Å²) in [6, 6.07) is 17.0. The molecule has 8 heterocycles. The van der Waals surface area contributed by atoms with Crippen LogP contribution in [0.4, 0.5) is 27.4 Å². The van der Waals surface area contributed by atoms with E-state index in [9.17, 15) is 9.59 Å². The second-order valence-electron chi connectivity index (χ2n) is 24.6. The summed E-state index contributed by atoms with van der Waals surface area (Å²) < 4.78 is 86.3. The second kappa shape index (κ2) is 47.6. The number of benzene rings is 2. The van der Waals surface area contributed by atoms with Gasteiger partial charge in [-0.05, 0) is 41.5 Å². The van der Waals surface area contributed by atoms with Gasteiger partial charge in [0.25, 0.3) is 0 Å². The van der Waals surface area contributed by atoms with E-state index in [0.29, 0.717) is 116 Å². The first-order chi connectivity index (χ1) is 48.6. The van der Waals surface area contributed by atoms with E-state index in [4.69, 9.17) is 95.0 Å². The van der Waals surface area contributed by atoms with Gasteiger partial charge in [-0.2, -0.15) is 15.0 Å². The lowest BCUT2D eigenvalue weighted by molar-refractivity contribution is -0.152. The van der Waals surface area contributed by atoms with Gasteiger partial charge in [0.1, 0.15) is 92.0 Å². The number of epoxide rings is 3. The van der Waals surface area contributed by atoms with Crippen molar-refractivity contribution < 1.29 is 105 Å². The monoisotopic (exact) mass is 1420 g/mol. The third kappa shape index (κ3) is 27.7. The molecule has 7 saturated heterocycles. The Hall–Kier alpha value is -6.57. The van der Waals surface area contributed by atoms with Crippen LogP contribution >= 0.6 is 0 Å². The van der Waals surface area contributed by atoms with E-state index in [-0.39, 0.29) is 54.1 Å². The molecular weight excluding hydrogens is 1310 g/mol. The number of rotatable bonds is 39. The summed E-state index contributed by atoms with van der Waals surface area (Å²) >= 11 is 0. The molecular formula is C68H112N10O22. The number of hydrogen-bond donors (Lipinski definition) is 0. The van der Waals surface area contributed by atoms with Gasteiger partial charge in [0.15, 0.2) is 6.17 Å². The Morgan fingerprint density at radius 2 is 0.820 bits per heavy atom. The van der Waals surface area contributed by atoms with Crippen molar-refractivity contribution in [3.8, 4) is 11.1 Å². The topological polar surface area (TPSA) is 321 Å². The van der Waals surface area contributed by atoms with Crippen LogP contribution in [0.1, 0.15) is 51.2 Å².